The SMILES string of the molecule is C=C(C)CN=c1scc(-c2ccc(C)c(C)c2)n1N=Cc1ccc([N+](=O)[O-])o1. The molecule has 0 atom stereocenters. The zero-order chi connectivity index (χ0) is 20.3. The fraction of sp³-hybridized carbons (Fsp3) is 0.200. The van der Waals surface area contributed by atoms with Gasteiger partial charge in [0.15, 0.2) is 5.76 Å². The number of hydrogen-bond acceptors (Lipinski definition) is 6. The lowest BCUT2D eigenvalue weighted by Gasteiger charge is -2.06. The van der Waals surface area contributed by atoms with Crippen LogP contribution in [0.15, 0.2) is 62.4 Å². The summed E-state index contributed by atoms with van der Waals surface area (Å²) < 4.78 is 6.87. The van der Waals surface area contributed by atoms with E-state index in [2.05, 4.69) is 42.7 Å². The molecule has 0 aliphatic heterocycles. The van der Waals surface area contributed by atoms with E-state index < -0.39 is 4.92 Å². The van der Waals surface area contributed by atoms with Gasteiger partial charge in [-0.15, -0.1) is 11.3 Å². The fourth-order valence-electron chi connectivity index (χ4n) is 2.45. The average Bonchev–Trinajstić information content (AvgIpc) is 3.27. The Morgan fingerprint density at radius 3 is 2.75 bits per heavy atom. The first-order valence-electron chi connectivity index (χ1n) is 8.57. The van der Waals surface area contributed by atoms with Crippen molar-refractivity contribution in [1.82, 2.24) is 4.68 Å². The molecule has 0 aliphatic carbocycles. The summed E-state index contributed by atoms with van der Waals surface area (Å²) in [6.07, 6.45) is 1.45. The van der Waals surface area contributed by atoms with Crippen molar-refractivity contribution in [3.8, 4) is 11.3 Å². The summed E-state index contributed by atoms with van der Waals surface area (Å²) in [4.78, 5) is 15.5. The highest BCUT2D eigenvalue weighted by molar-refractivity contribution is 7.07. The number of thiazole rings is 1. The Morgan fingerprint density at radius 1 is 1.32 bits per heavy atom. The van der Waals surface area contributed by atoms with Crippen LogP contribution in [0, 0.1) is 24.0 Å². The normalized spacial score (nSPS) is 12.0. The highest BCUT2D eigenvalue weighted by Crippen LogP contribution is 2.23. The number of aryl methyl sites for hydroxylation is 2. The molecule has 28 heavy (non-hydrogen) atoms. The van der Waals surface area contributed by atoms with E-state index in [4.69, 9.17) is 4.42 Å². The van der Waals surface area contributed by atoms with Gasteiger partial charge in [0.1, 0.15) is 4.92 Å². The van der Waals surface area contributed by atoms with Gasteiger partial charge < -0.3 is 4.42 Å². The molecule has 2 aromatic heterocycles. The first-order valence-corrected chi connectivity index (χ1v) is 9.44. The summed E-state index contributed by atoms with van der Waals surface area (Å²) in [6, 6.07) is 9.02. The Balaban J connectivity index is 2.07. The number of benzene rings is 1. The third-order valence-corrected chi connectivity index (χ3v) is 4.92. The molecule has 0 N–H and O–H groups in total. The van der Waals surface area contributed by atoms with Gasteiger partial charge in [0.05, 0.1) is 24.5 Å². The van der Waals surface area contributed by atoms with Crippen molar-refractivity contribution in [3.05, 3.63) is 79.7 Å². The van der Waals surface area contributed by atoms with Crippen molar-refractivity contribution < 1.29 is 9.34 Å². The third-order valence-electron chi connectivity index (χ3n) is 4.07. The summed E-state index contributed by atoms with van der Waals surface area (Å²) in [6.45, 7) is 10.4. The number of rotatable bonds is 6. The number of nitro groups is 1. The molecule has 0 aliphatic rings. The second-order valence-electron chi connectivity index (χ2n) is 6.47. The van der Waals surface area contributed by atoms with E-state index in [9.17, 15) is 10.1 Å². The predicted octanol–water partition coefficient (Wildman–Crippen LogP) is 4.69. The zero-order valence-electron chi connectivity index (χ0n) is 15.9. The molecule has 3 rings (SSSR count). The Bertz CT molecular complexity index is 1130. The van der Waals surface area contributed by atoms with Crippen LogP contribution in [0.2, 0.25) is 0 Å². The van der Waals surface area contributed by atoms with Gasteiger partial charge in [-0.3, -0.25) is 15.1 Å². The van der Waals surface area contributed by atoms with Crippen molar-refractivity contribution in [1.29, 1.82) is 0 Å². The molecular weight excluding hydrogens is 376 g/mol. The smallest absolute Gasteiger partial charge is 0.400 e. The van der Waals surface area contributed by atoms with Gasteiger partial charge in [0.25, 0.3) is 0 Å². The molecule has 0 bridgehead atoms. The Hall–Kier alpha value is -3.26. The van der Waals surface area contributed by atoms with E-state index in [1.807, 2.05) is 18.4 Å². The minimum absolute atomic E-state index is 0.294. The molecule has 0 unspecified atom stereocenters. The molecule has 0 saturated heterocycles. The summed E-state index contributed by atoms with van der Waals surface area (Å²) in [5.74, 6) is -0.0272. The van der Waals surface area contributed by atoms with Crippen molar-refractivity contribution in [2.24, 2.45) is 10.1 Å². The first kappa shape index (κ1) is 19.5. The topological polar surface area (TPSA) is 85.9 Å². The molecule has 2 heterocycles. The minimum atomic E-state index is -0.580. The van der Waals surface area contributed by atoms with Crippen LogP contribution in [0.25, 0.3) is 11.3 Å². The molecule has 3 aromatic rings. The molecule has 0 fully saturated rings. The summed E-state index contributed by atoms with van der Waals surface area (Å²) in [5.41, 5.74) is 5.23. The van der Waals surface area contributed by atoms with Gasteiger partial charge in [-0.1, -0.05) is 24.3 Å². The predicted molar refractivity (Wildman–Crippen MR) is 111 cm³/mol. The van der Waals surface area contributed by atoms with Crippen molar-refractivity contribution in [3.63, 3.8) is 0 Å². The molecule has 1 aromatic carbocycles. The molecule has 0 spiro atoms. The largest absolute Gasteiger partial charge is 0.433 e. The van der Waals surface area contributed by atoms with Crippen molar-refractivity contribution in [2.75, 3.05) is 6.54 Å². The van der Waals surface area contributed by atoms with Crippen LogP contribution >= 0.6 is 11.3 Å². The number of hydrogen-bond donors (Lipinski definition) is 0. The molecule has 0 saturated carbocycles. The molecule has 8 heteroatoms. The molecular formula is C20H20N4O3S. The standard InChI is InChI=1S/C20H20N4O3S/c1-13(2)10-21-20-23(22-11-17-7-8-19(27-17)24(25)26)18(12-28-20)16-6-5-14(3)15(4)9-16/h5-9,11-12H,1,10H2,2-4H3. The summed E-state index contributed by atoms with van der Waals surface area (Å²) in [5, 5.41) is 17.3. The highest BCUT2D eigenvalue weighted by atomic mass is 32.1. The number of nitrogens with zero attached hydrogens (tertiary/aromatic N) is 4. The maximum atomic E-state index is 10.8. The van der Waals surface area contributed by atoms with E-state index in [0.717, 1.165) is 16.8 Å². The third kappa shape index (κ3) is 4.34. The van der Waals surface area contributed by atoms with Gasteiger partial charge in [0, 0.05) is 10.9 Å². The van der Waals surface area contributed by atoms with E-state index in [1.54, 1.807) is 4.68 Å². The van der Waals surface area contributed by atoms with E-state index in [0.29, 0.717) is 17.1 Å². The average molecular weight is 396 g/mol. The zero-order valence-corrected chi connectivity index (χ0v) is 16.7. The Labute approximate surface area is 166 Å². The molecule has 7 nitrogen and oxygen atoms in total. The van der Waals surface area contributed by atoms with Gasteiger partial charge in [-0.25, -0.2) is 4.68 Å². The molecule has 0 amide bonds. The number of furan rings is 1. The fourth-order valence-corrected chi connectivity index (χ4v) is 3.28. The first-order chi connectivity index (χ1) is 13.3. The van der Waals surface area contributed by atoms with Gasteiger partial charge >= 0.3 is 5.88 Å². The van der Waals surface area contributed by atoms with E-state index in [1.165, 1.54) is 40.8 Å². The molecule has 0 radical (unpaired) electrons. The summed E-state index contributed by atoms with van der Waals surface area (Å²) >= 11 is 1.47. The highest BCUT2D eigenvalue weighted by Gasteiger charge is 2.12. The van der Waals surface area contributed by atoms with Crippen LogP contribution in [0.5, 0.6) is 0 Å². The summed E-state index contributed by atoms with van der Waals surface area (Å²) in [7, 11) is 0. The van der Waals surface area contributed by atoms with Crippen LogP contribution in [0.3, 0.4) is 0 Å². The van der Waals surface area contributed by atoms with Gasteiger partial charge in [-0.2, -0.15) is 5.10 Å². The Morgan fingerprint density at radius 2 is 2.11 bits per heavy atom. The second-order valence-corrected chi connectivity index (χ2v) is 7.30. The second kappa shape index (κ2) is 8.18. The minimum Gasteiger partial charge on any atom is -0.400 e. The van der Waals surface area contributed by atoms with E-state index in [-0.39, 0.29) is 5.88 Å². The van der Waals surface area contributed by atoms with Gasteiger partial charge in [0.2, 0.25) is 4.80 Å². The maximum absolute atomic E-state index is 10.8. The van der Waals surface area contributed by atoms with Crippen LogP contribution in [-0.4, -0.2) is 22.4 Å². The maximum Gasteiger partial charge on any atom is 0.433 e. The van der Waals surface area contributed by atoms with Crippen molar-refractivity contribution >= 4 is 23.4 Å². The number of aromatic nitrogens is 1. The lowest BCUT2D eigenvalue weighted by molar-refractivity contribution is -0.402. The van der Waals surface area contributed by atoms with Crippen LogP contribution in [-0.2, 0) is 0 Å². The molecule has 144 valence electrons. The lowest BCUT2D eigenvalue weighted by Crippen LogP contribution is -2.13. The quantitative estimate of drug-likeness (QED) is 0.262. The van der Waals surface area contributed by atoms with Crippen molar-refractivity contribution in [2.45, 2.75) is 20.8 Å². The Kier molecular flexibility index (Phi) is 5.70. The van der Waals surface area contributed by atoms with Gasteiger partial charge in [-0.05, 0) is 44.0 Å². The lowest BCUT2D eigenvalue weighted by atomic mass is 10.1. The van der Waals surface area contributed by atoms with E-state index >= 15 is 0 Å². The van der Waals surface area contributed by atoms with Crippen LogP contribution in [0.4, 0.5) is 5.88 Å². The van der Waals surface area contributed by atoms with Crippen LogP contribution < -0.4 is 4.80 Å². The monoisotopic (exact) mass is 396 g/mol. The van der Waals surface area contributed by atoms with Crippen LogP contribution in [0.1, 0.15) is 23.8 Å².